The lowest BCUT2D eigenvalue weighted by Crippen LogP contribution is -2.33. The number of thioether (sulfide) groups is 1. The summed E-state index contributed by atoms with van der Waals surface area (Å²) in [7, 11) is 1.82. The molecule has 0 bridgehead atoms. The number of nitrogens with one attached hydrogen (secondary N) is 2. The van der Waals surface area contributed by atoms with Gasteiger partial charge in [0.15, 0.2) is 11.0 Å². The maximum absolute atomic E-state index is 12.8. The minimum Gasteiger partial charge on any atom is -0.342 e. The summed E-state index contributed by atoms with van der Waals surface area (Å²) in [5, 5.41) is 15.3. The number of halogens is 2. The van der Waals surface area contributed by atoms with Gasteiger partial charge in [0.05, 0.1) is 22.4 Å². The Morgan fingerprint density at radius 2 is 1.81 bits per heavy atom. The molecular weight excluding hydrogens is 514 g/mol. The Bertz CT molecular complexity index is 1100. The first-order valence-corrected chi connectivity index (χ1v) is 12.0. The molecule has 7 nitrogen and oxygen atoms in total. The first-order valence-electron chi connectivity index (χ1n) is 9.89. The number of hydrogen-bond acceptors (Lipinski definition) is 5. The van der Waals surface area contributed by atoms with E-state index >= 15 is 0 Å². The van der Waals surface area contributed by atoms with Gasteiger partial charge in [-0.3, -0.25) is 9.59 Å². The van der Waals surface area contributed by atoms with Crippen LogP contribution in [0, 0.1) is 5.92 Å². The average Bonchev–Trinajstić information content (AvgIpc) is 3.12. The molecule has 0 spiro atoms. The Morgan fingerprint density at radius 3 is 2.47 bits per heavy atom. The molecule has 2 amide bonds. The molecule has 3 rings (SSSR count). The second-order valence-electron chi connectivity index (χ2n) is 7.42. The predicted octanol–water partition coefficient (Wildman–Crippen LogP) is 5.09. The van der Waals surface area contributed by atoms with E-state index in [2.05, 4.69) is 36.8 Å². The lowest BCUT2D eigenvalue weighted by Gasteiger charge is -2.22. The fourth-order valence-corrected chi connectivity index (χ4v) is 4.18. The second-order valence-corrected chi connectivity index (χ2v) is 9.68. The topological polar surface area (TPSA) is 88.9 Å². The van der Waals surface area contributed by atoms with Crippen molar-refractivity contribution in [3.63, 3.8) is 0 Å². The van der Waals surface area contributed by atoms with E-state index < -0.39 is 0 Å². The van der Waals surface area contributed by atoms with Gasteiger partial charge < -0.3 is 15.2 Å². The Morgan fingerprint density at radius 1 is 1.12 bits per heavy atom. The van der Waals surface area contributed by atoms with Gasteiger partial charge in [-0.25, -0.2) is 0 Å². The number of carbonyl (C=O) groups excluding carboxylic acids is 2. The molecule has 3 aromatic rings. The third-order valence-electron chi connectivity index (χ3n) is 4.68. The maximum atomic E-state index is 12.8. The summed E-state index contributed by atoms with van der Waals surface area (Å²) in [6, 6.07) is 13.9. The highest BCUT2D eigenvalue weighted by Crippen LogP contribution is 2.25. The van der Waals surface area contributed by atoms with E-state index in [0.29, 0.717) is 21.6 Å². The van der Waals surface area contributed by atoms with Gasteiger partial charge >= 0.3 is 0 Å². The van der Waals surface area contributed by atoms with Gasteiger partial charge in [-0.1, -0.05) is 65.3 Å². The summed E-state index contributed by atoms with van der Waals surface area (Å²) in [6.07, 6.45) is 0. The van der Waals surface area contributed by atoms with Crippen molar-refractivity contribution >= 4 is 56.8 Å². The molecule has 10 heteroatoms. The van der Waals surface area contributed by atoms with Crippen LogP contribution in [-0.4, -0.2) is 32.3 Å². The molecule has 2 N–H and O–H groups in total. The van der Waals surface area contributed by atoms with Gasteiger partial charge in [-0.2, -0.15) is 0 Å². The molecule has 0 aliphatic rings. The molecule has 32 heavy (non-hydrogen) atoms. The van der Waals surface area contributed by atoms with Crippen molar-refractivity contribution in [1.82, 2.24) is 20.1 Å². The van der Waals surface area contributed by atoms with E-state index in [1.807, 2.05) is 45.2 Å². The summed E-state index contributed by atoms with van der Waals surface area (Å²) in [6.45, 7) is 3.98. The molecule has 0 aliphatic heterocycles. The van der Waals surface area contributed by atoms with Crippen LogP contribution in [0.25, 0.3) is 0 Å². The molecule has 168 valence electrons. The second kappa shape index (κ2) is 11.0. The summed E-state index contributed by atoms with van der Waals surface area (Å²) >= 11 is 10.8. The normalized spacial score (nSPS) is 11.9. The highest BCUT2D eigenvalue weighted by atomic mass is 79.9. The molecular formula is C22H23BrClN5O2S. The molecule has 0 saturated carbocycles. The molecule has 0 saturated heterocycles. The number of aromatic nitrogens is 3. The Hall–Kier alpha value is -2.36. The number of benzene rings is 2. The Kier molecular flexibility index (Phi) is 8.33. The summed E-state index contributed by atoms with van der Waals surface area (Å²) in [5.74, 6) is 0.425. The summed E-state index contributed by atoms with van der Waals surface area (Å²) in [5.41, 5.74) is 1.13. The maximum Gasteiger partial charge on any atom is 0.253 e. The van der Waals surface area contributed by atoms with Crippen LogP contribution in [0.1, 0.15) is 36.1 Å². The summed E-state index contributed by atoms with van der Waals surface area (Å²) in [4.78, 5) is 25.1. The monoisotopic (exact) mass is 535 g/mol. The number of nitrogens with zero attached hydrogens (tertiary/aromatic N) is 3. The number of amides is 2. The summed E-state index contributed by atoms with van der Waals surface area (Å²) < 4.78 is 2.74. The van der Waals surface area contributed by atoms with Crippen LogP contribution in [0.2, 0.25) is 5.02 Å². The van der Waals surface area contributed by atoms with Gasteiger partial charge in [-0.05, 0) is 42.3 Å². The van der Waals surface area contributed by atoms with Crippen LogP contribution < -0.4 is 10.6 Å². The minimum absolute atomic E-state index is 0.0582. The fraction of sp³-hybridized carbons (Fsp3) is 0.273. The van der Waals surface area contributed by atoms with E-state index in [4.69, 9.17) is 11.6 Å². The van der Waals surface area contributed by atoms with Crippen molar-refractivity contribution in [3.8, 4) is 0 Å². The SMILES string of the molecule is CC(C)[C@H](NC(=O)c1ccccc1Cl)c1nnc(SCC(=O)Nc2ccc(Br)cc2)n1C. The van der Waals surface area contributed by atoms with Gasteiger partial charge in [0.25, 0.3) is 5.91 Å². The van der Waals surface area contributed by atoms with Crippen molar-refractivity contribution in [2.24, 2.45) is 13.0 Å². The molecule has 0 unspecified atom stereocenters. The van der Waals surface area contributed by atoms with Crippen LogP contribution in [0.5, 0.6) is 0 Å². The van der Waals surface area contributed by atoms with Crippen LogP contribution >= 0.6 is 39.3 Å². The molecule has 0 radical (unpaired) electrons. The van der Waals surface area contributed by atoms with Gasteiger partial charge in [-0.15, -0.1) is 10.2 Å². The van der Waals surface area contributed by atoms with Crippen LogP contribution in [0.3, 0.4) is 0 Å². The zero-order valence-electron chi connectivity index (χ0n) is 17.8. The first kappa shape index (κ1) is 24.3. The van der Waals surface area contributed by atoms with Crippen molar-refractivity contribution in [3.05, 3.63) is 69.4 Å². The third kappa shape index (κ3) is 6.11. The van der Waals surface area contributed by atoms with Crippen LogP contribution in [0.4, 0.5) is 5.69 Å². The highest BCUT2D eigenvalue weighted by molar-refractivity contribution is 9.10. The lowest BCUT2D eigenvalue weighted by molar-refractivity contribution is -0.113. The largest absolute Gasteiger partial charge is 0.342 e. The van der Waals surface area contributed by atoms with Gasteiger partial charge in [0, 0.05) is 17.2 Å². The zero-order valence-corrected chi connectivity index (χ0v) is 21.0. The Balaban J connectivity index is 1.67. The zero-order chi connectivity index (χ0) is 23.3. The van der Waals surface area contributed by atoms with Crippen LogP contribution in [-0.2, 0) is 11.8 Å². The van der Waals surface area contributed by atoms with Crippen molar-refractivity contribution in [2.45, 2.75) is 25.0 Å². The standard InChI is InChI=1S/C22H23BrClN5O2S/c1-13(2)19(26-21(31)16-6-4-5-7-17(16)24)20-27-28-22(29(20)3)32-12-18(30)25-15-10-8-14(23)9-11-15/h4-11,13,19H,12H2,1-3H3,(H,25,30)(H,26,31)/t19-/m0/s1. The number of rotatable bonds is 8. The Labute approximate surface area is 204 Å². The van der Waals surface area contributed by atoms with Crippen molar-refractivity contribution < 1.29 is 9.59 Å². The molecule has 1 atom stereocenters. The van der Waals surface area contributed by atoms with E-state index in [1.54, 1.807) is 28.8 Å². The van der Waals surface area contributed by atoms with E-state index in [0.717, 1.165) is 10.2 Å². The van der Waals surface area contributed by atoms with Crippen molar-refractivity contribution in [1.29, 1.82) is 0 Å². The molecule has 2 aromatic carbocycles. The van der Waals surface area contributed by atoms with Crippen LogP contribution in [0.15, 0.2) is 58.2 Å². The number of carbonyl (C=O) groups is 2. The predicted molar refractivity (Wildman–Crippen MR) is 131 cm³/mol. The van der Waals surface area contributed by atoms with E-state index in [-0.39, 0.29) is 29.5 Å². The minimum atomic E-state index is -0.373. The highest BCUT2D eigenvalue weighted by Gasteiger charge is 2.26. The smallest absolute Gasteiger partial charge is 0.253 e. The quantitative estimate of drug-likeness (QED) is 0.392. The average molecular weight is 537 g/mol. The third-order valence-corrected chi connectivity index (χ3v) is 6.56. The number of anilines is 1. The fourth-order valence-electron chi connectivity index (χ4n) is 2.98. The molecule has 1 heterocycles. The number of hydrogen-bond donors (Lipinski definition) is 2. The van der Waals surface area contributed by atoms with E-state index in [1.165, 1.54) is 11.8 Å². The molecule has 0 fully saturated rings. The lowest BCUT2D eigenvalue weighted by atomic mass is 10.0. The van der Waals surface area contributed by atoms with Gasteiger partial charge in [0.2, 0.25) is 5.91 Å². The first-order chi connectivity index (χ1) is 15.3. The van der Waals surface area contributed by atoms with Gasteiger partial charge in [0.1, 0.15) is 0 Å². The van der Waals surface area contributed by atoms with E-state index in [9.17, 15) is 9.59 Å². The van der Waals surface area contributed by atoms with Crippen molar-refractivity contribution in [2.75, 3.05) is 11.1 Å². The molecule has 0 aliphatic carbocycles. The molecule has 1 aromatic heterocycles.